The number of hydrogen-bond acceptors (Lipinski definition) is 4. The van der Waals surface area contributed by atoms with Crippen molar-refractivity contribution in [2.45, 2.75) is 39.4 Å². The van der Waals surface area contributed by atoms with Crippen LogP contribution in [0.3, 0.4) is 0 Å². The molecule has 1 atom stereocenters. The fourth-order valence-electron chi connectivity index (χ4n) is 2.03. The molecule has 0 aliphatic heterocycles. The maximum absolute atomic E-state index is 11.4. The van der Waals surface area contributed by atoms with Crippen molar-refractivity contribution in [3.05, 3.63) is 12.2 Å². The van der Waals surface area contributed by atoms with Crippen LogP contribution >= 0.6 is 0 Å². The summed E-state index contributed by atoms with van der Waals surface area (Å²) in [6.45, 7) is 13.8. The molecule has 6 nitrogen and oxygen atoms in total. The largest absolute Gasteiger partial charge is 0.456 e. The second-order valence-corrected chi connectivity index (χ2v) is 7.29. The van der Waals surface area contributed by atoms with Gasteiger partial charge in [0.15, 0.2) is 0 Å². The lowest BCUT2D eigenvalue weighted by Gasteiger charge is -2.37. The molecule has 0 amide bonds. The van der Waals surface area contributed by atoms with E-state index in [2.05, 4.69) is 6.58 Å². The van der Waals surface area contributed by atoms with Crippen LogP contribution in [0.4, 0.5) is 0 Å². The molecule has 21 heavy (non-hydrogen) atoms. The molecule has 1 N–H and O–H groups in total. The van der Waals surface area contributed by atoms with Crippen molar-refractivity contribution in [3.8, 4) is 0 Å². The molecule has 0 aromatic carbocycles. The fraction of sp³-hybridized carbons (Fsp3) is 0.786. The predicted molar refractivity (Wildman–Crippen MR) is 82.5 cm³/mol. The van der Waals surface area contributed by atoms with Gasteiger partial charge in [-0.05, 0) is 27.7 Å². The highest BCUT2D eigenvalue weighted by atomic mass is 32.2. The van der Waals surface area contributed by atoms with E-state index >= 15 is 0 Å². The Balaban J connectivity index is 4.56. The summed E-state index contributed by atoms with van der Waals surface area (Å²) in [5, 5.41) is -0.786. The number of likely N-dealkylation sites (N-methyl/N-ethyl adjacent to an activating group) is 1. The number of esters is 1. The Hall–Kier alpha value is -0.920. The monoisotopic (exact) mass is 322 g/mol. The molecule has 0 saturated heterocycles. The summed E-state index contributed by atoms with van der Waals surface area (Å²) in [5.41, 5.74) is 0.362. The first-order chi connectivity index (χ1) is 9.58. The summed E-state index contributed by atoms with van der Waals surface area (Å²) in [4.78, 5) is 11.4. The summed E-state index contributed by atoms with van der Waals surface area (Å²) in [5.74, 6) is -0.411. The zero-order chi connectivity index (χ0) is 16.7. The maximum atomic E-state index is 11.4. The van der Waals surface area contributed by atoms with Crippen LogP contribution in [-0.2, 0) is 19.6 Å². The number of rotatable bonds is 10. The third-order valence-corrected chi connectivity index (χ3v) is 5.26. The molecule has 1 unspecified atom stereocenters. The molecular weight excluding hydrogens is 294 g/mol. The normalized spacial score (nSPS) is 13.8. The van der Waals surface area contributed by atoms with Crippen molar-refractivity contribution in [1.29, 1.82) is 0 Å². The Bertz CT molecular complexity index is 454. The van der Waals surface area contributed by atoms with Crippen molar-refractivity contribution < 1.29 is 27.0 Å². The predicted octanol–water partition coefficient (Wildman–Crippen LogP) is 1.63. The lowest BCUT2D eigenvalue weighted by molar-refractivity contribution is -0.925. The minimum absolute atomic E-state index is 0.271. The second kappa shape index (κ2) is 8.51. The van der Waals surface area contributed by atoms with E-state index in [1.807, 2.05) is 13.8 Å². The van der Waals surface area contributed by atoms with Crippen LogP contribution in [0.2, 0.25) is 0 Å². The molecule has 0 aromatic rings. The Kier molecular flexibility index (Phi) is 8.13. The van der Waals surface area contributed by atoms with E-state index < -0.39 is 21.3 Å². The van der Waals surface area contributed by atoms with E-state index in [1.165, 1.54) is 6.92 Å². The Morgan fingerprint density at radius 2 is 1.81 bits per heavy atom. The quantitative estimate of drug-likeness (QED) is 0.286. The molecule has 7 heteroatoms. The van der Waals surface area contributed by atoms with E-state index in [0.29, 0.717) is 29.6 Å². The summed E-state index contributed by atoms with van der Waals surface area (Å²) >= 11 is 0. The smallest absolute Gasteiger partial charge is 0.333 e. The van der Waals surface area contributed by atoms with Crippen LogP contribution in [0.15, 0.2) is 12.2 Å². The van der Waals surface area contributed by atoms with Gasteiger partial charge in [-0.2, -0.15) is 8.42 Å². The first kappa shape index (κ1) is 20.1. The number of nitrogens with zero attached hydrogens (tertiary/aromatic N) is 1. The average molecular weight is 322 g/mol. The van der Waals surface area contributed by atoms with Gasteiger partial charge in [0, 0.05) is 12.0 Å². The zero-order valence-electron chi connectivity index (χ0n) is 13.5. The topological polar surface area (TPSA) is 80.7 Å². The molecule has 0 saturated carbocycles. The molecule has 0 radical (unpaired) electrons. The molecule has 0 aliphatic rings. The SMILES string of the molecule is C=C(C)C(=O)OCC[N+](CC)(CC)CCC(C)S(=O)(=O)O. The van der Waals surface area contributed by atoms with Gasteiger partial charge in [-0.3, -0.25) is 4.55 Å². The molecule has 0 heterocycles. The minimum atomic E-state index is -3.99. The first-order valence-corrected chi connectivity index (χ1v) is 8.72. The Labute approximate surface area is 128 Å². The van der Waals surface area contributed by atoms with Gasteiger partial charge in [-0.25, -0.2) is 4.79 Å². The van der Waals surface area contributed by atoms with Crippen molar-refractivity contribution >= 4 is 16.1 Å². The molecule has 124 valence electrons. The van der Waals surface area contributed by atoms with Crippen LogP contribution in [0.1, 0.15) is 34.1 Å². The number of quaternary nitrogens is 1. The average Bonchev–Trinajstić information content (AvgIpc) is 2.41. The van der Waals surface area contributed by atoms with Crippen LogP contribution in [-0.4, -0.2) is 61.5 Å². The van der Waals surface area contributed by atoms with Crippen LogP contribution in [0.5, 0.6) is 0 Å². The summed E-state index contributed by atoms with van der Waals surface area (Å²) in [6.07, 6.45) is 0.370. The fourth-order valence-corrected chi connectivity index (χ4v) is 2.43. The molecule has 0 rings (SSSR count). The van der Waals surface area contributed by atoms with Gasteiger partial charge in [-0.15, -0.1) is 0 Å². The van der Waals surface area contributed by atoms with Crippen molar-refractivity contribution in [2.75, 3.05) is 32.8 Å². The van der Waals surface area contributed by atoms with Crippen molar-refractivity contribution in [1.82, 2.24) is 0 Å². The van der Waals surface area contributed by atoms with Crippen LogP contribution < -0.4 is 0 Å². The van der Waals surface area contributed by atoms with Crippen molar-refractivity contribution in [3.63, 3.8) is 0 Å². The zero-order valence-corrected chi connectivity index (χ0v) is 14.3. The van der Waals surface area contributed by atoms with Gasteiger partial charge in [0.1, 0.15) is 13.2 Å². The molecule has 0 aromatic heterocycles. The van der Waals surface area contributed by atoms with Gasteiger partial charge < -0.3 is 9.22 Å². The molecule has 0 fully saturated rings. The third kappa shape index (κ3) is 7.06. The lowest BCUT2D eigenvalue weighted by atomic mass is 10.2. The number of ether oxygens (including phenoxy) is 1. The number of carbonyl (C=O) groups is 1. The van der Waals surface area contributed by atoms with Crippen LogP contribution in [0.25, 0.3) is 0 Å². The van der Waals surface area contributed by atoms with Gasteiger partial charge in [0.25, 0.3) is 10.1 Å². The summed E-state index contributed by atoms with van der Waals surface area (Å²) in [6, 6.07) is 0. The van der Waals surface area contributed by atoms with Gasteiger partial charge in [-0.1, -0.05) is 6.58 Å². The van der Waals surface area contributed by atoms with Crippen LogP contribution in [0, 0.1) is 0 Å². The minimum Gasteiger partial charge on any atom is -0.456 e. The summed E-state index contributed by atoms with van der Waals surface area (Å²) in [7, 11) is -3.99. The van der Waals surface area contributed by atoms with E-state index in [0.717, 1.165) is 13.1 Å². The highest BCUT2D eigenvalue weighted by Gasteiger charge is 2.27. The molecule has 0 aliphatic carbocycles. The molecule has 0 spiro atoms. The highest BCUT2D eigenvalue weighted by molar-refractivity contribution is 7.86. The van der Waals surface area contributed by atoms with E-state index in [9.17, 15) is 13.2 Å². The highest BCUT2D eigenvalue weighted by Crippen LogP contribution is 2.12. The van der Waals surface area contributed by atoms with E-state index in [4.69, 9.17) is 9.29 Å². The standard InChI is InChI=1S/C14H27NO5S/c1-6-15(7-2,9-8-13(5)21(17,18)19)10-11-20-14(16)12(3)4/h13H,3,6-11H2,1-2,4-5H3/p+1. The third-order valence-electron chi connectivity index (χ3n) is 4.01. The Morgan fingerprint density at radius 1 is 1.29 bits per heavy atom. The van der Waals surface area contributed by atoms with Gasteiger partial charge in [0.05, 0.1) is 24.9 Å². The first-order valence-electron chi connectivity index (χ1n) is 7.22. The van der Waals surface area contributed by atoms with Gasteiger partial charge in [0.2, 0.25) is 0 Å². The molecular formula is C14H28NO5S+. The second-order valence-electron chi connectivity index (χ2n) is 5.45. The van der Waals surface area contributed by atoms with E-state index in [1.54, 1.807) is 6.92 Å². The van der Waals surface area contributed by atoms with Crippen molar-refractivity contribution in [2.24, 2.45) is 0 Å². The summed E-state index contributed by atoms with van der Waals surface area (Å²) < 4.78 is 36.9. The maximum Gasteiger partial charge on any atom is 0.333 e. The molecule has 0 bridgehead atoms. The lowest BCUT2D eigenvalue weighted by Crippen LogP contribution is -2.51. The number of carbonyl (C=O) groups excluding carboxylic acids is 1. The number of hydrogen-bond donors (Lipinski definition) is 1. The van der Waals surface area contributed by atoms with Gasteiger partial charge >= 0.3 is 5.97 Å². The van der Waals surface area contributed by atoms with E-state index in [-0.39, 0.29) is 6.61 Å². The Morgan fingerprint density at radius 3 is 2.19 bits per heavy atom.